The van der Waals surface area contributed by atoms with Gasteiger partial charge in [-0.15, -0.1) is 0 Å². The third-order valence-corrected chi connectivity index (χ3v) is 9.97. The minimum absolute atomic E-state index is 0.0366. The van der Waals surface area contributed by atoms with E-state index in [-0.39, 0.29) is 24.2 Å². The van der Waals surface area contributed by atoms with Crippen molar-refractivity contribution in [2.24, 2.45) is 11.8 Å². The Hall–Kier alpha value is -1.03. The molecule has 8 atom stereocenters. The van der Waals surface area contributed by atoms with Crippen molar-refractivity contribution in [2.45, 2.75) is 205 Å². The monoisotopic (exact) mass is 656 g/mol. The molecule has 0 saturated heterocycles. The van der Waals surface area contributed by atoms with Crippen molar-refractivity contribution >= 4 is 5.91 Å². The topological polar surface area (TPSA) is 150 Å². The molecule has 8 nitrogen and oxygen atoms in total. The smallest absolute Gasteiger partial charge is 0.220 e. The zero-order valence-corrected chi connectivity index (χ0v) is 29.5. The zero-order valence-electron chi connectivity index (χ0n) is 29.5. The minimum Gasteiger partial charge on any atom is -0.394 e. The molecule has 0 aromatic heterocycles. The number of carbonyl (C=O) groups is 1. The molecule has 1 fully saturated rings. The normalized spacial score (nSPS) is 22.7. The number of unbranched alkanes of at least 4 members (excludes halogenated alkanes) is 16. The summed E-state index contributed by atoms with van der Waals surface area (Å²) in [7, 11) is 0. The fourth-order valence-corrected chi connectivity index (χ4v) is 6.90. The number of nitrogens with one attached hydrogen (secondary N) is 1. The van der Waals surface area contributed by atoms with E-state index in [2.05, 4.69) is 19.2 Å². The highest BCUT2D eigenvalue weighted by Crippen LogP contribution is 2.37. The van der Waals surface area contributed by atoms with Gasteiger partial charge in [0.15, 0.2) is 0 Å². The minimum atomic E-state index is -1.20. The first-order chi connectivity index (χ1) is 22.2. The van der Waals surface area contributed by atoms with Crippen LogP contribution in [0.5, 0.6) is 0 Å². The Morgan fingerprint density at radius 1 is 0.717 bits per heavy atom. The van der Waals surface area contributed by atoms with Crippen LogP contribution in [0.4, 0.5) is 0 Å². The molecular formula is C38H73NO7. The number of rotatable bonds is 30. The molecule has 1 amide bonds. The lowest BCUT2D eigenvalue weighted by molar-refractivity contribution is -0.124. The summed E-state index contributed by atoms with van der Waals surface area (Å²) >= 11 is 0. The number of aliphatic hydroxyl groups excluding tert-OH is 6. The Morgan fingerprint density at radius 3 is 1.85 bits per heavy atom. The number of hydrogen-bond donors (Lipinski definition) is 7. The van der Waals surface area contributed by atoms with E-state index in [0.29, 0.717) is 25.7 Å². The van der Waals surface area contributed by atoms with Gasteiger partial charge in [-0.3, -0.25) is 4.79 Å². The van der Waals surface area contributed by atoms with E-state index in [1.165, 1.54) is 57.8 Å². The van der Waals surface area contributed by atoms with Crippen molar-refractivity contribution in [2.75, 3.05) is 6.61 Å². The van der Waals surface area contributed by atoms with Gasteiger partial charge in [0.05, 0.1) is 37.1 Å². The van der Waals surface area contributed by atoms with E-state index in [1.54, 1.807) is 6.08 Å². The molecule has 46 heavy (non-hydrogen) atoms. The molecule has 0 radical (unpaired) electrons. The van der Waals surface area contributed by atoms with E-state index in [1.807, 2.05) is 6.08 Å². The summed E-state index contributed by atoms with van der Waals surface area (Å²) in [5, 5.41) is 64.6. The lowest BCUT2D eigenvalue weighted by Gasteiger charge is -2.26. The first-order valence-electron chi connectivity index (χ1n) is 19.2. The van der Waals surface area contributed by atoms with Gasteiger partial charge in [0.25, 0.3) is 0 Å². The Balaban J connectivity index is 2.20. The average Bonchev–Trinajstić information content (AvgIpc) is 3.31. The maximum atomic E-state index is 12.5. The number of amides is 1. The van der Waals surface area contributed by atoms with Crippen molar-refractivity contribution < 1.29 is 35.4 Å². The molecule has 0 bridgehead atoms. The van der Waals surface area contributed by atoms with Gasteiger partial charge < -0.3 is 36.0 Å². The predicted octanol–water partition coefficient (Wildman–Crippen LogP) is 6.47. The zero-order chi connectivity index (χ0) is 34.0. The Kier molecular flexibility index (Phi) is 26.1. The second kappa shape index (κ2) is 27.9. The van der Waals surface area contributed by atoms with Gasteiger partial charge >= 0.3 is 0 Å². The van der Waals surface area contributed by atoms with Crippen LogP contribution >= 0.6 is 0 Å². The number of aliphatic hydroxyl groups is 6. The molecule has 272 valence electrons. The van der Waals surface area contributed by atoms with Gasteiger partial charge in [-0.05, 0) is 31.6 Å². The van der Waals surface area contributed by atoms with Crippen LogP contribution in [0, 0.1) is 11.8 Å². The molecule has 8 heteroatoms. The SMILES string of the molecule is CCCCCCCCCCCCCCC(O)C(O)[C@H](CO)NC(=O)CCCCCC[C@@H]1[C@@H](/C=C/[C@@H](O)CCCCC)[C@H](O)C[C@@H]1O. The Bertz CT molecular complexity index is 751. The molecule has 7 N–H and O–H groups in total. The molecule has 0 spiro atoms. The molecule has 1 aliphatic rings. The second-order valence-electron chi connectivity index (χ2n) is 14.1. The molecule has 0 heterocycles. The molecule has 0 aliphatic heterocycles. The fourth-order valence-electron chi connectivity index (χ4n) is 6.90. The second-order valence-corrected chi connectivity index (χ2v) is 14.1. The highest BCUT2D eigenvalue weighted by molar-refractivity contribution is 5.76. The predicted molar refractivity (Wildman–Crippen MR) is 187 cm³/mol. The van der Waals surface area contributed by atoms with E-state index >= 15 is 0 Å². The van der Waals surface area contributed by atoms with Crippen molar-refractivity contribution in [3.8, 4) is 0 Å². The first kappa shape index (κ1) is 43.0. The molecule has 1 saturated carbocycles. The number of hydrogen-bond acceptors (Lipinski definition) is 7. The quantitative estimate of drug-likeness (QED) is 0.0346. The van der Waals surface area contributed by atoms with Crippen LogP contribution in [0.25, 0.3) is 0 Å². The highest BCUT2D eigenvalue weighted by Gasteiger charge is 2.39. The van der Waals surface area contributed by atoms with E-state index in [9.17, 15) is 35.4 Å². The van der Waals surface area contributed by atoms with E-state index < -0.39 is 43.2 Å². The molecule has 1 aliphatic carbocycles. The summed E-state index contributed by atoms with van der Waals surface area (Å²) in [5.74, 6) is -0.434. The highest BCUT2D eigenvalue weighted by atomic mass is 16.3. The summed E-state index contributed by atoms with van der Waals surface area (Å²) in [6.07, 6.45) is 23.6. The molecule has 2 unspecified atom stereocenters. The van der Waals surface area contributed by atoms with Crippen molar-refractivity contribution in [1.29, 1.82) is 0 Å². The molecule has 0 aromatic carbocycles. The fraction of sp³-hybridized carbons (Fsp3) is 0.921. The van der Waals surface area contributed by atoms with Crippen molar-refractivity contribution in [3.05, 3.63) is 12.2 Å². The third kappa shape index (κ3) is 19.7. The van der Waals surface area contributed by atoms with Crippen LogP contribution in [0.3, 0.4) is 0 Å². The maximum absolute atomic E-state index is 12.5. The van der Waals surface area contributed by atoms with Gasteiger partial charge in [-0.2, -0.15) is 0 Å². The summed E-state index contributed by atoms with van der Waals surface area (Å²) in [6.45, 7) is 3.94. The van der Waals surface area contributed by atoms with Crippen LogP contribution in [0.2, 0.25) is 0 Å². The van der Waals surface area contributed by atoms with Crippen LogP contribution in [0.1, 0.15) is 168 Å². The average molecular weight is 656 g/mol. The van der Waals surface area contributed by atoms with Gasteiger partial charge in [0.2, 0.25) is 5.91 Å². The van der Waals surface area contributed by atoms with E-state index in [0.717, 1.165) is 64.2 Å². The largest absolute Gasteiger partial charge is 0.394 e. The van der Waals surface area contributed by atoms with Gasteiger partial charge in [0.1, 0.15) is 6.10 Å². The lowest BCUT2D eigenvalue weighted by Crippen LogP contribution is -2.50. The van der Waals surface area contributed by atoms with Crippen LogP contribution < -0.4 is 5.32 Å². The van der Waals surface area contributed by atoms with E-state index in [4.69, 9.17) is 0 Å². The standard InChI is InChI=1S/C38H73NO7/c1-3-5-7-8-9-10-11-12-13-14-15-20-24-34(42)38(46)33(29-40)39-37(45)25-21-17-16-19-23-31-32(36(44)28-35(31)43)27-26-30(41)22-18-6-4-2/h26-27,30-36,38,40-44,46H,3-25,28-29H2,1-2H3,(H,39,45)/b27-26+/t30-,31+,32+,33-,34?,35-,36+,38?/m0/s1. The van der Waals surface area contributed by atoms with Crippen LogP contribution in [0.15, 0.2) is 12.2 Å². The van der Waals surface area contributed by atoms with Crippen molar-refractivity contribution in [1.82, 2.24) is 5.32 Å². The molecule has 1 rings (SSSR count). The van der Waals surface area contributed by atoms with Crippen molar-refractivity contribution in [3.63, 3.8) is 0 Å². The summed E-state index contributed by atoms with van der Waals surface area (Å²) in [6, 6.07) is -0.884. The number of carbonyl (C=O) groups excluding carboxylic acids is 1. The third-order valence-electron chi connectivity index (χ3n) is 9.97. The lowest BCUT2D eigenvalue weighted by atomic mass is 9.88. The Labute approximate surface area is 281 Å². The van der Waals surface area contributed by atoms with Gasteiger partial charge in [-0.1, -0.05) is 142 Å². The molecular weight excluding hydrogens is 582 g/mol. The summed E-state index contributed by atoms with van der Waals surface area (Å²) in [5.41, 5.74) is 0. The van der Waals surface area contributed by atoms with Crippen LogP contribution in [-0.2, 0) is 4.79 Å². The maximum Gasteiger partial charge on any atom is 0.220 e. The Morgan fingerprint density at radius 2 is 1.24 bits per heavy atom. The molecule has 0 aromatic rings. The van der Waals surface area contributed by atoms with Gasteiger partial charge in [0, 0.05) is 18.8 Å². The summed E-state index contributed by atoms with van der Waals surface area (Å²) in [4.78, 5) is 12.5. The first-order valence-corrected chi connectivity index (χ1v) is 19.2. The summed E-state index contributed by atoms with van der Waals surface area (Å²) < 4.78 is 0. The van der Waals surface area contributed by atoms with Crippen LogP contribution in [-0.4, -0.2) is 79.7 Å². The van der Waals surface area contributed by atoms with Gasteiger partial charge in [-0.25, -0.2) is 0 Å².